The lowest BCUT2D eigenvalue weighted by Gasteiger charge is -2.50. The first-order chi connectivity index (χ1) is 9.21. The van der Waals surface area contributed by atoms with Crippen LogP contribution in [0.5, 0.6) is 0 Å². The van der Waals surface area contributed by atoms with Gasteiger partial charge in [-0.1, -0.05) is 26.0 Å². The second-order valence-corrected chi connectivity index (χ2v) is 7.25. The van der Waals surface area contributed by atoms with Crippen molar-refractivity contribution < 1.29 is 18.3 Å². The van der Waals surface area contributed by atoms with Crippen molar-refractivity contribution in [3.63, 3.8) is 0 Å². The Morgan fingerprint density at radius 1 is 1.45 bits per heavy atom. The highest BCUT2D eigenvalue weighted by molar-refractivity contribution is 7.89. The number of rotatable bonds is 3. The summed E-state index contributed by atoms with van der Waals surface area (Å²) < 4.78 is 26.0. The zero-order valence-electron chi connectivity index (χ0n) is 11.1. The van der Waals surface area contributed by atoms with E-state index in [1.807, 2.05) is 6.07 Å². The summed E-state index contributed by atoms with van der Waals surface area (Å²) in [5.74, 6) is -1.18. The molecular weight excluding hydrogens is 280 g/mol. The Kier molecular flexibility index (Phi) is 3.32. The third kappa shape index (κ3) is 2.07. The lowest BCUT2D eigenvalue weighted by molar-refractivity contribution is -0.153. The average molecular weight is 294 g/mol. The minimum absolute atomic E-state index is 0.0151. The number of nitrogens with zero attached hydrogens (tertiary/aromatic N) is 2. The number of hydrogen-bond acceptors (Lipinski definition) is 4. The van der Waals surface area contributed by atoms with Crippen LogP contribution in [0.3, 0.4) is 0 Å². The summed E-state index contributed by atoms with van der Waals surface area (Å²) in [6, 6.07) is 6.49. The molecule has 6 nitrogen and oxygen atoms in total. The fourth-order valence-corrected chi connectivity index (χ4v) is 4.50. The van der Waals surface area contributed by atoms with Crippen LogP contribution in [0.1, 0.15) is 19.4 Å². The molecule has 1 aliphatic rings. The zero-order chi connectivity index (χ0) is 15.1. The van der Waals surface area contributed by atoms with Crippen LogP contribution in [0.2, 0.25) is 0 Å². The van der Waals surface area contributed by atoms with Gasteiger partial charge in [0.1, 0.15) is 12.1 Å². The van der Waals surface area contributed by atoms with Gasteiger partial charge in [-0.25, -0.2) is 8.42 Å². The molecule has 1 N–H and O–H groups in total. The van der Waals surface area contributed by atoms with E-state index in [9.17, 15) is 18.3 Å². The highest BCUT2D eigenvalue weighted by Crippen LogP contribution is 2.41. The van der Waals surface area contributed by atoms with Crippen molar-refractivity contribution in [2.75, 3.05) is 6.54 Å². The van der Waals surface area contributed by atoms with Crippen molar-refractivity contribution in [3.8, 4) is 6.07 Å². The molecule has 1 fully saturated rings. The van der Waals surface area contributed by atoms with E-state index in [4.69, 9.17) is 5.26 Å². The molecule has 1 atom stereocenters. The number of carboxylic acid groups (broad SMARTS) is 1. The van der Waals surface area contributed by atoms with E-state index in [1.54, 1.807) is 19.9 Å². The van der Waals surface area contributed by atoms with E-state index < -0.39 is 27.4 Å². The fraction of sp³-hybridized carbons (Fsp3) is 0.385. The van der Waals surface area contributed by atoms with Gasteiger partial charge in [0.05, 0.1) is 10.5 Å². The van der Waals surface area contributed by atoms with Crippen LogP contribution < -0.4 is 0 Å². The summed E-state index contributed by atoms with van der Waals surface area (Å²) in [4.78, 5) is 11.1. The number of sulfonamides is 1. The minimum atomic E-state index is -3.98. The monoisotopic (exact) mass is 294 g/mol. The van der Waals surface area contributed by atoms with E-state index in [-0.39, 0.29) is 17.0 Å². The number of nitriles is 1. The van der Waals surface area contributed by atoms with Gasteiger partial charge in [0.15, 0.2) is 0 Å². The van der Waals surface area contributed by atoms with E-state index in [0.717, 1.165) is 4.31 Å². The Morgan fingerprint density at radius 3 is 2.55 bits per heavy atom. The van der Waals surface area contributed by atoms with Crippen LogP contribution in [0.4, 0.5) is 0 Å². The molecule has 0 saturated carbocycles. The lowest BCUT2D eigenvalue weighted by Crippen LogP contribution is -2.66. The predicted molar refractivity (Wildman–Crippen MR) is 70.3 cm³/mol. The molecular formula is C13H14N2O4S. The molecule has 0 spiro atoms. The van der Waals surface area contributed by atoms with Gasteiger partial charge in [-0.15, -0.1) is 0 Å². The van der Waals surface area contributed by atoms with Crippen molar-refractivity contribution in [3.05, 3.63) is 29.8 Å². The summed E-state index contributed by atoms with van der Waals surface area (Å²) in [5.41, 5.74) is -0.609. The smallest absolute Gasteiger partial charge is 0.322 e. The highest BCUT2D eigenvalue weighted by atomic mass is 32.2. The maximum absolute atomic E-state index is 12.5. The van der Waals surface area contributed by atoms with Gasteiger partial charge in [0, 0.05) is 12.0 Å². The molecule has 0 amide bonds. The largest absolute Gasteiger partial charge is 0.480 e. The molecule has 1 aromatic rings. The predicted octanol–water partition coefficient (Wildman–Crippen LogP) is 1.04. The van der Waals surface area contributed by atoms with Crippen molar-refractivity contribution in [1.82, 2.24) is 4.31 Å². The summed E-state index contributed by atoms with van der Waals surface area (Å²) in [6.07, 6.45) is 0. The number of benzene rings is 1. The Morgan fingerprint density at radius 2 is 2.05 bits per heavy atom. The molecule has 1 aromatic carbocycles. The van der Waals surface area contributed by atoms with Crippen LogP contribution in [0.15, 0.2) is 29.2 Å². The fourth-order valence-electron chi connectivity index (χ4n) is 2.45. The van der Waals surface area contributed by atoms with Crippen LogP contribution in [0, 0.1) is 16.7 Å². The van der Waals surface area contributed by atoms with Gasteiger partial charge in [0.2, 0.25) is 10.0 Å². The first-order valence-electron chi connectivity index (χ1n) is 5.95. The van der Waals surface area contributed by atoms with Crippen LogP contribution in [-0.4, -0.2) is 36.4 Å². The van der Waals surface area contributed by atoms with E-state index in [0.29, 0.717) is 0 Å². The van der Waals surface area contributed by atoms with Crippen LogP contribution >= 0.6 is 0 Å². The third-order valence-corrected chi connectivity index (χ3v) is 5.29. The Balaban J connectivity index is 2.48. The first kappa shape index (κ1) is 14.5. The van der Waals surface area contributed by atoms with Gasteiger partial charge in [-0.05, 0) is 12.1 Å². The van der Waals surface area contributed by atoms with Crippen LogP contribution in [-0.2, 0) is 14.8 Å². The molecule has 2 rings (SSSR count). The highest BCUT2D eigenvalue weighted by Gasteiger charge is 2.56. The maximum atomic E-state index is 12.5. The Bertz CT molecular complexity index is 703. The van der Waals surface area contributed by atoms with Crippen molar-refractivity contribution >= 4 is 16.0 Å². The van der Waals surface area contributed by atoms with Gasteiger partial charge >= 0.3 is 5.97 Å². The average Bonchev–Trinajstić information content (AvgIpc) is 2.35. The maximum Gasteiger partial charge on any atom is 0.322 e. The minimum Gasteiger partial charge on any atom is -0.480 e. The third-order valence-electron chi connectivity index (χ3n) is 3.42. The Labute approximate surface area is 117 Å². The van der Waals surface area contributed by atoms with Gasteiger partial charge in [0.25, 0.3) is 0 Å². The molecule has 1 aliphatic heterocycles. The standard InChI is InChI=1S/C13H14N2O4S/c1-13(2)8-15(11(13)12(16)17)20(18,19)10-6-4-3-5-9(10)7-14/h3-6,11H,8H2,1-2H3,(H,16,17). The van der Waals surface area contributed by atoms with E-state index >= 15 is 0 Å². The summed E-state index contributed by atoms with van der Waals surface area (Å²) in [7, 11) is -3.98. The van der Waals surface area contributed by atoms with Crippen molar-refractivity contribution in [2.45, 2.75) is 24.8 Å². The molecule has 20 heavy (non-hydrogen) atoms. The normalized spacial score (nSPS) is 21.8. The quantitative estimate of drug-likeness (QED) is 0.898. The second-order valence-electron chi connectivity index (χ2n) is 5.39. The number of carboxylic acids is 1. The SMILES string of the molecule is CC1(C)CN(S(=O)(=O)c2ccccc2C#N)C1C(=O)O. The molecule has 7 heteroatoms. The molecule has 0 aliphatic carbocycles. The summed E-state index contributed by atoms with van der Waals surface area (Å²) >= 11 is 0. The van der Waals surface area contributed by atoms with E-state index in [1.165, 1.54) is 18.2 Å². The number of aliphatic carboxylic acids is 1. The van der Waals surface area contributed by atoms with Crippen molar-refractivity contribution in [1.29, 1.82) is 5.26 Å². The Hall–Kier alpha value is -1.91. The topological polar surface area (TPSA) is 98.5 Å². The van der Waals surface area contributed by atoms with E-state index in [2.05, 4.69) is 0 Å². The molecule has 0 bridgehead atoms. The molecule has 0 aromatic heterocycles. The molecule has 1 unspecified atom stereocenters. The van der Waals surface area contributed by atoms with Gasteiger partial charge in [-0.3, -0.25) is 4.79 Å². The zero-order valence-corrected chi connectivity index (χ0v) is 11.9. The van der Waals surface area contributed by atoms with Crippen molar-refractivity contribution in [2.24, 2.45) is 5.41 Å². The van der Waals surface area contributed by atoms with Crippen LogP contribution in [0.25, 0.3) is 0 Å². The number of hydrogen-bond donors (Lipinski definition) is 1. The summed E-state index contributed by atoms with van der Waals surface area (Å²) in [5, 5.41) is 18.2. The van der Waals surface area contributed by atoms with Gasteiger partial charge < -0.3 is 5.11 Å². The molecule has 1 saturated heterocycles. The summed E-state index contributed by atoms with van der Waals surface area (Å²) in [6.45, 7) is 3.52. The molecule has 0 radical (unpaired) electrons. The lowest BCUT2D eigenvalue weighted by atomic mass is 9.77. The number of carbonyl (C=O) groups is 1. The van der Waals surface area contributed by atoms with Gasteiger partial charge in [-0.2, -0.15) is 9.57 Å². The molecule has 106 valence electrons. The molecule has 1 heterocycles. The second kappa shape index (κ2) is 4.58. The first-order valence-corrected chi connectivity index (χ1v) is 7.39.